The van der Waals surface area contributed by atoms with E-state index in [0.29, 0.717) is 12.0 Å². The van der Waals surface area contributed by atoms with E-state index >= 15 is 0 Å². The zero-order chi connectivity index (χ0) is 12.8. The number of hydrogen-bond donors (Lipinski definition) is 0. The fraction of sp³-hybridized carbons (Fsp3) is 0.357. The molecular weight excluding hydrogens is 214 g/mol. The molecule has 17 heavy (non-hydrogen) atoms. The van der Waals surface area contributed by atoms with Crippen LogP contribution in [0.15, 0.2) is 18.2 Å². The molecule has 0 aromatic heterocycles. The van der Waals surface area contributed by atoms with E-state index < -0.39 is 0 Å². The highest BCUT2D eigenvalue weighted by molar-refractivity contribution is 5.90. The van der Waals surface area contributed by atoms with Gasteiger partial charge in [0.2, 0.25) is 0 Å². The molecule has 1 rings (SSSR count). The molecule has 0 spiro atoms. The van der Waals surface area contributed by atoms with Gasteiger partial charge < -0.3 is 9.64 Å². The third kappa shape index (κ3) is 3.25. The second-order valence-electron chi connectivity index (χ2n) is 3.93. The maximum absolute atomic E-state index is 11.4. The topological polar surface area (TPSA) is 29.5 Å². The van der Waals surface area contributed by atoms with Gasteiger partial charge in [0.15, 0.2) is 0 Å². The molecule has 0 aliphatic heterocycles. The smallest absolute Gasteiger partial charge is 0.337 e. The number of nitrogens with zero attached hydrogens (tertiary/aromatic N) is 1. The number of aryl methyl sites for hydroxylation is 1. The minimum Gasteiger partial charge on any atom is -0.465 e. The minimum absolute atomic E-state index is 0.322. The lowest BCUT2D eigenvalue weighted by atomic mass is 10.0. The minimum atomic E-state index is -0.322. The third-order valence-corrected chi connectivity index (χ3v) is 2.52. The van der Waals surface area contributed by atoms with E-state index in [2.05, 4.69) is 5.92 Å². The fourth-order valence-electron chi connectivity index (χ4n) is 1.67. The average Bonchev–Trinajstić information content (AvgIpc) is 2.34. The summed E-state index contributed by atoms with van der Waals surface area (Å²) in [5.74, 6) is 2.29. The lowest BCUT2D eigenvalue weighted by molar-refractivity contribution is 0.0600. The molecule has 0 unspecified atom stereocenters. The summed E-state index contributed by atoms with van der Waals surface area (Å²) in [7, 11) is 5.31. The Labute approximate surface area is 102 Å². The van der Waals surface area contributed by atoms with Crippen LogP contribution in [0, 0.1) is 12.3 Å². The van der Waals surface area contributed by atoms with Crippen molar-refractivity contribution in [2.24, 2.45) is 0 Å². The summed E-state index contributed by atoms with van der Waals surface area (Å²) in [6.07, 6.45) is 6.69. The highest BCUT2D eigenvalue weighted by Gasteiger charge is 2.10. The Morgan fingerprint density at radius 2 is 2.18 bits per heavy atom. The summed E-state index contributed by atoms with van der Waals surface area (Å²) in [6.45, 7) is 0. The normalized spacial score (nSPS) is 9.53. The van der Waals surface area contributed by atoms with E-state index in [4.69, 9.17) is 11.2 Å². The maximum atomic E-state index is 11.4. The number of ether oxygens (including phenoxy) is 1. The van der Waals surface area contributed by atoms with Crippen LogP contribution >= 0.6 is 0 Å². The van der Waals surface area contributed by atoms with E-state index in [-0.39, 0.29) is 5.97 Å². The maximum Gasteiger partial charge on any atom is 0.337 e. The molecule has 0 aliphatic rings. The van der Waals surface area contributed by atoms with Crippen molar-refractivity contribution in [3.63, 3.8) is 0 Å². The molecule has 0 aliphatic carbocycles. The van der Waals surface area contributed by atoms with Crippen molar-refractivity contribution in [3.05, 3.63) is 29.3 Å². The van der Waals surface area contributed by atoms with Crippen LogP contribution in [0.2, 0.25) is 0 Å². The number of carbonyl (C=O) groups excluding carboxylic acids is 1. The average molecular weight is 231 g/mol. The monoisotopic (exact) mass is 231 g/mol. The summed E-state index contributed by atoms with van der Waals surface area (Å²) >= 11 is 0. The largest absolute Gasteiger partial charge is 0.465 e. The first-order chi connectivity index (χ1) is 8.10. The van der Waals surface area contributed by atoms with Gasteiger partial charge in [0.05, 0.1) is 12.7 Å². The Bertz CT molecular complexity index is 444. The van der Waals surface area contributed by atoms with Gasteiger partial charge in [-0.2, -0.15) is 0 Å². The number of esters is 1. The van der Waals surface area contributed by atoms with E-state index in [9.17, 15) is 4.79 Å². The highest BCUT2D eigenvalue weighted by Crippen LogP contribution is 2.22. The molecule has 0 heterocycles. The molecule has 0 fully saturated rings. The molecule has 0 amide bonds. The van der Waals surface area contributed by atoms with Crippen molar-refractivity contribution in [2.45, 2.75) is 12.8 Å². The number of rotatable bonds is 4. The van der Waals surface area contributed by atoms with Crippen molar-refractivity contribution in [1.29, 1.82) is 0 Å². The molecule has 3 nitrogen and oxygen atoms in total. The molecule has 0 saturated heterocycles. The zero-order valence-corrected chi connectivity index (χ0v) is 10.5. The molecule has 0 atom stereocenters. The van der Waals surface area contributed by atoms with Gasteiger partial charge >= 0.3 is 5.97 Å². The lowest BCUT2D eigenvalue weighted by Gasteiger charge is -2.17. The molecule has 0 radical (unpaired) electrons. The Morgan fingerprint density at radius 3 is 2.71 bits per heavy atom. The van der Waals surface area contributed by atoms with Crippen molar-refractivity contribution in [3.8, 4) is 12.3 Å². The zero-order valence-electron chi connectivity index (χ0n) is 10.5. The second kappa shape index (κ2) is 5.95. The fourth-order valence-corrected chi connectivity index (χ4v) is 1.67. The first-order valence-corrected chi connectivity index (χ1v) is 5.42. The SMILES string of the molecule is C#CCCc1cc(C(=O)OC)ccc1N(C)C. The van der Waals surface area contributed by atoms with Gasteiger partial charge in [0.25, 0.3) is 0 Å². The van der Waals surface area contributed by atoms with Crippen LogP contribution in [0.25, 0.3) is 0 Å². The van der Waals surface area contributed by atoms with E-state index in [1.165, 1.54) is 7.11 Å². The van der Waals surface area contributed by atoms with Gasteiger partial charge in [0, 0.05) is 26.2 Å². The molecule has 0 N–H and O–H groups in total. The first kappa shape index (κ1) is 13.1. The van der Waals surface area contributed by atoms with Crippen LogP contribution in [-0.2, 0) is 11.2 Å². The molecule has 3 heteroatoms. The number of benzene rings is 1. The van der Waals surface area contributed by atoms with Crippen LogP contribution in [0.1, 0.15) is 22.3 Å². The van der Waals surface area contributed by atoms with Gasteiger partial charge in [-0.1, -0.05) is 0 Å². The van der Waals surface area contributed by atoms with Gasteiger partial charge in [-0.05, 0) is 30.2 Å². The quantitative estimate of drug-likeness (QED) is 0.587. The summed E-state index contributed by atoms with van der Waals surface area (Å²) in [5.41, 5.74) is 2.70. The van der Waals surface area contributed by atoms with E-state index in [1.807, 2.05) is 31.1 Å². The number of terminal acetylenes is 1. The Hall–Kier alpha value is -1.95. The van der Waals surface area contributed by atoms with Crippen LogP contribution in [0.5, 0.6) is 0 Å². The van der Waals surface area contributed by atoms with Crippen LogP contribution < -0.4 is 4.90 Å². The van der Waals surface area contributed by atoms with Crippen molar-refractivity contribution in [2.75, 3.05) is 26.1 Å². The van der Waals surface area contributed by atoms with Gasteiger partial charge in [-0.25, -0.2) is 4.79 Å². The summed E-state index contributed by atoms with van der Waals surface area (Å²) < 4.78 is 4.70. The van der Waals surface area contributed by atoms with Gasteiger partial charge in [-0.3, -0.25) is 0 Å². The number of anilines is 1. The van der Waals surface area contributed by atoms with Crippen molar-refractivity contribution in [1.82, 2.24) is 0 Å². The summed E-state index contributed by atoms with van der Waals surface area (Å²) in [6, 6.07) is 5.52. The molecule has 1 aromatic carbocycles. The molecule has 0 bridgehead atoms. The first-order valence-electron chi connectivity index (χ1n) is 5.42. The predicted octanol–water partition coefficient (Wildman–Crippen LogP) is 2.10. The predicted molar refractivity (Wildman–Crippen MR) is 69.3 cm³/mol. The molecule has 1 aromatic rings. The number of carbonyl (C=O) groups is 1. The van der Waals surface area contributed by atoms with E-state index in [0.717, 1.165) is 17.7 Å². The van der Waals surface area contributed by atoms with Crippen molar-refractivity contribution < 1.29 is 9.53 Å². The second-order valence-corrected chi connectivity index (χ2v) is 3.93. The Morgan fingerprint density at radius 1 is 1.47 bits per heavy atom. The third-order valence-electron chi connectivity index (χ3n) is 2.52. The van der Waals surface area contributed by atoms with Crippen LogP contribution in [-0.4, -0.2) is 27.2 Å². The molecule has 0 saturated carbocycles. The molecule has 90 valence electrons. The number of hydrogen-bond acceptors (Lipinski definition) is 3. The Balaban J connectivity index is 3.10. The summed E-state index contributed by atoms with van der Waals surface area (Å²) in [4.78, 5) is 13.5. The Kier molecular flexibility index (Phi) is 4.59. The number of methoxy groups -OCH3 is 1. The van der Waals surface area contributed by atoms with Crippen LogP contribution in [0.3, 0.4) is 0 Å². The lowest BCUT2D eigenvalue weighted by Crippen LogP contribution is -2.12. The summed E-state index contributed by atoms with van der Waals surface area (Å²) in [5, 5.41) is 0. The standard InChI is InChI=1S/C14H17NO2/c1-5-6-7-11-10-12(14(16)17-4)8-9-13(11)15(2)3/h1,8-10H,6-7H2,2-4H3. The van der Waals surface area contributed by atoms with E-state index in [1.54, 1.807) is 6.07 Å². The van der Waals surface area contributed by atoms with Crippen LogP contribution in [0.4, 0.5) is 5.69 Å². The highest BCUT2D eigenvalue weighted by atomic mass is 16.5. The van der Waals surface area contributed by atoms with Gasteiger partial charge in [-0.15, -0.1) is 12.3 Å². The van der Waals surface area contributed by atoms with Crippen molar-refractivity contribution >= 4 is 11.7 Å². The van der Waals surface area contributed by atoms with Gasteiger partial charge in [0.1, 0.15) is 0 Å². The molecular formula is C14H17NO2.